The number of hydroxylamine groups is 4. The van der Waals surface area contributed by atoms with Crippen molar-refractivity contribution >= 4 is 17.8 Å². The summed E-state index contributed by atoms with van der Waals surface area (Å²) in [6.45, 7) is 15.7. The number of nitrogens with one attached hydrogen (secondary N) is 2. The van der Waals surface area contributed by atoms with E-state index >= 15 is 0 Å². The molecule has 0 atom stereocenters. The number of hydrogen-bond donors (Lipinski definition) is 4. The Kier molecular flexibility index (Phi) is 6.81. The number of carbonyl (C=O) groups excluding carboxylic acids is 3. The lowest BCUT2D eigenvalue weighted by Gasteiger charge is -2.58. The van der Waals surface area contributed by atoms with Gasteiger partial charge >= 0.3 is 5.97 Å². The van der Waals surface area contributed by atoms with E-state index in [1.807, 2.05) is 0 Å². The van der Waals surface area contributed by atoms with E-state index in [4.69, 9.17) is 4.74 Å². The first-order valence-corrected chi connectivity index (χ1v) is 11.3. The molecule has 2 rings (SSSR count). The molecule has 10 nitrogen and oxygen atoms in total. The molecule has 0 aromatic heterocycles. The van der Waals surface area contributed by atoms with Crippen LogP contribution in [0.3, 0.4) is 0 Å². The SMILES string of the molecule is COC(=O)C1(NC(=O)C2(NC(C)=O)CC(C)(C)N(O)C(C)(C)C2)CC(C)(C)N(O)C(C)(C)C1. The molecule has 0 aromatic rings. The lowest BCUT2D eigenvalue weighted by molar-refractivity contribution is -0.259. The zero-order valence-electron chi connectivity index (χ0n) is 21.8. The minimum atomic E-state index is -1.42. The van der Waals surface area contributed by atoms with Gasteiger partial charge < -0.3 is 25.8 Å². The van der Waals surface area contributed by atoms with Gasteiger partial charge in [-0.3, -0.25) is 9.59 Å². The van der Waals surface area contributed by atoms with Gasteiger partial charge in [-0.25, -0.2) is 4.79 Å². The minimum Gasteiger partial charge on any atom is -0.467 e. The fraction of sp³-hybridized carbons (Fsp3) is 0.870. The first-order valence-electron chi connectivity index (χ1n) is 11.3. The quantitative estimate of drug-likeness (QED) is 0.459. The van der Waals surface area contributed by atoms with Crippen LogP contribution in [0.5, 0.6) is 0 Å². The molecule has 33 heavy (non-hydrogen) atoms. The van der Waals surface area contributed by atoms with Gasteiger partial charge in [-0.15, -0.1) is 0 Å². The first-order chi connectivity index (χ1) is 14.7. The van der Waals surface area contributed by atoms with E-state index < -0.39 is 45.1 Å². The van der Waals surface area contributed by atoms with Gasteiger partial charge in [0.15, 0.2) is 0 Å². The Morgan fingerprint density at radius 3 is 1.33 bits per heavy atom. The van der Waals surface area contributed by atoms with Gasteiger partial charge in [0, 0.05) is 41.9 Å². The van der Waals surface area contributed by atoms with Crippen LogP contribution in [-0.2, 0) is 19.1 Å². The Morgan fingerprint density at radius 1 is 0.697 bits per heavy atom. The highest BCUT2D eigenvalue weighted by atomic mass is 16.5. The molecule has 2 aliphatic rings. The van der Waals surface area contributed by atoms with Crippen molar-refractivity contribution in [3.8, 4) is 0 Å². The van der Waals surface area contributed by atoms with Crippen LogP contribution in [0.15, 0.2) is 0 Å². The molecule has 0 bridgehead atoms. The molecule has 190 valence electrons. The van der Waals surface area contributed by atoms with Crippen molar-refractivity contribution in [3.05, 3.63) is 0 Å². The predicted octanol–water partition coefficient (Wildman–Crippen LogP) is 1.97. The third-order valence-corrected chi connectivity index (χ3v) is 7.01. The van der Waals surface area contributed by atoms with Crippen LogP contribution in [0.2, 0.25) is 0 Å². The number of hydrogen-bond acceptors (Lipinski definition) is 8. The molecule has 4 N–H and O–H groups in total. The summed E-state index contributed by atoms with van der Waals surface area (Å²) >= 11 is 0. The van der Waals surface area contributed by atoms with Crippen molar-refractivity contribution in [1.82, 2.24) is 20.8 Å². The minimum absolute atomic E-state index is 0.105. The van der Waals surface area contributed by atoms with Gasteiger partial charge in [0.25, 0.3) is 0 Å². The number of methoxy groups -OCH3 is 1. The Hall–Kier alpha value is -1.75. The van der Waals surface area contributed by atoms with Gasteiger partial charge in [0.2, 0.25) is 11.8 Å². The standard InChI is InChI=1S/C23H42N4O6/c1-15(28)24-22(11-18(2,3)26(31)19(4,5)12-22)16(29)25-23(17(30)33-10)13-20(6,7)27(32)21(8,9)14-23/h31-32H,11-14H2,1-10H3,(H,24,28)(H,25,29). The third-order valence-electron chi connectivity index (χ3n) is 7.01. The Balaban J connectivity index is 2.59. The maximum atomic E-state index is 14.0. The number of rotatable bonds is 4. The Labute approximate surface area is 196 Å². The fourth-order valence-electron chi connectivity index (χ4n) is 6.48. The van der Waals surface area contributed by atoms with Crippen LogP contribution in [0.4, 0.5) is 0 Å². The van der Waals surface area contributed by atoms with Crippen molar-refractivity contribution in [2.45, 2.75) is 121 Å². The second kappa shape index (κ2) is 8.18. The molecule has 0 spiro atoms. The Bertz CT molecular complexity index is 784. The van der Waals surface area contributed by atoms with Crippen molar-refractivity contribution < 1.29 is 29.5 Å². The van der Waals surface area contributed by atoms with Crippen LogP contribution in [0.25, 0.3) is 0 Å². The molecule has 0 radical (unpaired) electrons. The van der Waals surface area contributed by atoms with Gasteiger partial charge in [-0.05, 0) is 68.2 Å². The molecule has 2 aliphatic heterocycles. The molecule has 0 unspecified atom stereocenters. The maximum absolute atomic E-state index is 14.0. The second-order valence-electron chi connectivity index (χ2n) is 12.4. The van der Waals surface area contributed by atoms with Crippen LogP contribution < -0.4 is 10.6 Å². The number of nitrogens with zero attached hydrogens (tertiary/aromatic N) is 2. The topological polar surface area (TPSA) is 131 Å². The summed E-state index contributed by atoms with van der Waals surface area (Å²) in [7, 11) is 1.27. The van der Waals surface area contributed by atoms with E-state index in [1.165, 1.54) is 24.2 Å². The van der Waals surface area contributed by atoms with Crippen LogP contribution in [0.1, 0.15) is 88.0 Å². The highest BCUT2D eigenvalue weighted by molar-refractivity contribution is 5.95. The summed E-state index contributed by atoms with van der Waals surface area (Å²) in [6.07, 6.45) is 0.462. The average molecular weight is 471 g/mol. The van der Waals surface area contributed by atoms with Gasteiger partial charge in [-0.1, -0.05) is 0 Å². The fourth-order valence-corrected chi connectivity index (χ4v) is 6.48. The van der Waals surface area contributed by atoms with Crippen molar-refractivity contribution in [1.29, 1.82) is 0 Å². The van der Waals surface area contributed by atoms with Crippen LogP contribution in [0, 0.1) is 0 Å². The number of carbonyl (C=O) groups is 3. The highest BCUT2D eigenvalue weighted by Crippen LogP contribution is 2.45. The highest BCUT2D eigenvalue weighted by Gasteiger charge is 2.61. The maximum Gasteiger partial charge on any atom is 0.331 e. The molecule has 10 heteroatoms. The lowest BCUT2D eigenvalue weighted by Crippen LogP contribution is -2.76. The molecular formula is C23H42N4O6. The zero-order chi connectivity index (χ0) is 25.8. The predicted molar refractivity (Wildman–Crippen MR) is 121 cm³/mol. The summed E-state index contributed by atoms with van der Waals surface area (Å²) in [4.78, 5) is 39.4. The summed E-state index contributed by atoms with van der Waals surface area (Å²) < 4.78 is 5.13. The van der Waals surface area contributed by atoms with Crippen molar-refractivity contribution in [3.63, 3.8) is 0 Å². The van der Waals surface area contributed by atoms with E-state index in [2.05, 4.69) is 10.6 Å². The van der Waals surface area contributed by atoms with E-state index in [9.17, 15) is 24.8 Å². The Morgan fingerprint density at radius 2 is 1.03 bits per heavy atom. The average Bonchev–Trinajstić information content (AvgIpc) is 2.61. The number of esters is 1. The van der Waals surface area contributed by atoms with Crippen LogP contribution >= 0.6 is 0 Å². The number of amides is 2. The summed E-state index contributed by atoms with van der Waals surface area (Å²) in [5.41, 5.74) is -6.17. The molecular weight excluding hydrogens is 428 g/mol. The molecule has 2 amide bonds. The lowest BCUT2D eigenvalue weighted by atomic mass is 9.67. The first kappa shape index (κ1) is 27.5. The molecule has 2 heterocycles. The number of ether oxygens (including phenoxy) is 1. The van der Waals surface area contributed by atoms with E-state index in [0.717, 1.165) is 0 Å². The number of piperidine rings is 2. The zero-order valence-corrected chi connectivity index (χ0v) is 21.8. The molecule has 0 saturated carbocycles. The summed E-state index contributed by atoms with van der Waals surface area (Å²) in [5.74, 6) is -1.52. The summed E-state index contributed by atoms with van der Waals surface area (Å²) in [5, 5.41) is 29.7. The van der Waals surface area contributed by atoms with Crippen LogP contribution in [-0.4, -0.2) is 78.7 Å². The summed E-state index contributed by atoms with van der Waals surface area (Å²) in [6, 6.07) is 0. The van der Waals surface area contributed by atoms with Crippen molar-refractivity contribution in [2.75, 3.05) is 7.11 Å². The van der Waals surface area contributed by atoms with E-state index in [1.54, 1.807) is 55.4 Å². The largest absolute Gasteiger partial charge is 0.467 e. The monoisotopic (exact) mass is 470 g/mol. The molecule has 0 aliphatic carbocycles. The van der Waals surface area contributed by atoms with Crippen molar-refractivity contribution in [2.24, 2.45) is 0 Å². The molecule has 0 aromatic carbocycles. The second-order valence-corrected chi connectivity index (χ2v) is 12.4. The molecule has 2 fully saturated rings. The molecule has 2 saturated heterocycles. The smallest absolute Gasteiger partial charge is 0.331 e. The van der Waals surface area contributed by atoms with E-state index in [-0.39, 0.29) is 31.6 Å². The van der Waals surface area contributed by atoms with Gasteiger partial charge in [-0.2, -0.15) is 10.1 Å². The van der Waals surface area contributed by atoms with Gasteiger partial charge in [0.05, 0.1) is 7.11 Å². The third kappa shape index (κ3) is 4.89. The van der Waals surface area contributed by atoms with E-state index in [0.29, 0.717) is 0 Å². The normalized spacial score (nSPS) is 27.3. The van der Waals surface area contributed by atoms with Gasteiger partial charge in [0.1, 0.15) is 11.1 Å².